The molecule has 0 aliphatic carbocycles. The van der Waals surface area contributed by atoms with Crippen LogP contribution in [0.25, 0.3) is 0 Å². The molecule has 0 aromatic heterocycles. The molecule has 2 heteroatoms. The normalized spacial score (nSPS) is 19.0. The second-order valence-corrected chi connectivity index (χ2v) is 6.98. The fourth-order valence-electron chi connectivity index (χ4n) is 3.37. The molecule has 0 N–H and O–H groups in total. The van der Waals surface area contributed by atoms with E-state index >= 15 is 0 Å². The van der Waals surface area contributed by atoms with E-state index in [1.807, 2.05) is 13.0 Å². The minimum atomic E-state index is -0.00128. The van der Waals surface area contributed by atoms with E-state index in [0.29, 0.717) is 0 Å². The molecule has 0 spiro atoms. The Bertz CT molecular complexity index is 498. The van der Waals surface area contributed by atoms with E-state index in [-0.39, 0.29) is 11.8 Å². The summed E-state index contributed by atoms with van der Waals surface area (Å²) in [5, 5.41) is 0. The average Bonchev–Trinajstić information content (AvgIpc) is 2.48. The number of aryl methyl sites for hydroxylation is 2. The lowest BCUT2D eigenvalue weighted by molar-refractivity contribution is 0.0743. The van der Waals surface area contributed by atoms with Gasteiger partial charge in [0.1, 0.15) is 0 Å². The van der Waals surface area contributed by atoms with Gasteiger partial charge in [0, 0.05) is 5.56 Å². The van der Waals surface area contributed by atoms with Crippen molar-refractivity contribution < 1.29 is 4.79 Å². The van der Waals surface area contributed by atoms with Crippen molar-refractivity contribution in [3.05, 3.63) is 34.9 Å². The third-order valence-corrected chi connectivity index (χ3v) is 5.10. The quantitative estimate of drug-likeness (QED) is 0.772. The third-order valence-electron chi connectivity index (χ3n) is 5.10. The molecule has 1 atom stereocenters. The molecule has 0 radical (unpaired) electrons. The number of hydrogen-bond donors (Lipinski definition) is 0. The van der Waals surface area contributed by atoms with Gasteiger partial charge in [-0.05, 0) is 70.2 Å². The average molecular weight is 287 g/mol. The third kappa shape index (κ3) is 3.74. The molecule has 0 amide bonds. The van der Waals surface area contributed by atoms with Crippen LogP contribution in [-0.2, 0) is 0 Å². The van der Waals surface area contributed by atoms with Crippen molar-refractivity contribution in [2.45, 2.75) is 53.5 Å². The lowest BCUT2D eigenvalue weighted by atomic mass is 9.86. The van der Waals surface area contributed by atoms with Gasteiger partial charge in [0.15, 0.2) is 5.78 Å². The monoisotopic (exact) mass is 287 g/mol. The Morgan fingerprint density at radius 1 is 1.14 bits per heavy atom. The first-order valence-electron chi connectivity index (χ1n) is 8.25. The molecule has 1 unspecified atom stereocenters. The van der Waals surface area contributed by atoms with E-state index in [9.17, 15) is 4.79 Å². The van der Waals surface area contributed by atoms with Crippen LogP contribution in [0.2, 0.25) is 0 Å². The summed E-state index contributed by atoms with van der Waals surface area (Å²) in [6, 6.07) is 6.17. The van der Waals surface area contributed by atoms with Crippen LogP contribution in [0.3, 0.4) is 0 Å². The van der Waals surface area contributed by atoms with Gasteiger partial charge in [-0.3, -0.25) is 9.69 Å². The molecular weight excluding hydrogens is 258 g/mol. The predicted molar refractivity (Wildman–Crippen MR) is 88.8 cm³/mol. The maximum atomic E-state index is 12.8. The Kier molecular flexibility index (Phi) is 5.21. The molecular formula is C19H29NO. The van der Waals surface area contributed by atoms with Crippen LogP contribution in [0.15, 0.2) is 18.2 Å². The fourth-order valence-corrected chi connectivity index (χ4v) is 3.37. The predicted octanol–water partition coefficient (Wildman–Crippen LogP) is 4.24. The molecule has 1 aromatic carbocycles. The van der Waals surface area contributed by atoms with E-state index in [0.717, 1.165) is 41.6 Å². The zero-order chi connectivity index (χ0) is 15.6. The van der Waals surface area contributed by atoms with E-state index in [1.165, 1.54) is 12.8 Å². The Morgan fingerprint density at radius 2 is 1.76 bits per heavy atom. The first kappa shape index (κ1) is 16.2. The summed E-state index contributed by atoms with van der Waals surface area (Å²) in [5.74, 6) is 1.86. The molecule has 2 nitrogen and oxygen atoms in total. The molecule has 0 bridgehead atoms. The molecule has 116 valence electrons. The fraction of sp³-hybridized carbons (Fsp3) is 0.632. The number of nitrogens with zero attached hydrogens (tertiary/aromatic N) is 1. The Hall–Kier alpha value is -1.15. The number of likely N-dealkylation sites (tertiary alicyclic amines) is 1. The van der Waals surface area contributed by atoms with Crippen molar-refractivity contribution in [1.82, 2.24) is 4.90 Å². The number of Topliss-reactive ketones (excluding diaryl/α,β-unsaturated/α-hetero) is 1. The van der Waals surface area contributed by atoms with E-state index in [2.05, 4.69) is 44.7 Å². The molecule has 1 fully saturated rings. The van der Waals surface area contributed by atoms with Crippen LogP contribution in [0.5, 0.6) is 0 Å². The lowest BCUT2D eigenvalue weighted by Crippen LogP contribution is -2.44. The van der Waals surface area contributed by atoms with Gasteiger partial charge in [0.05, 0.1) is 6.04 Å². The first-order chi connectivity index (χ1) is 9.90. The molecule has 21 heavy (non-hydrogen) atoms. The zero-order valence-corrected chi connectivity index (χ0v) is 14.1. The van der Waals surface area contributed by atoms with Crippen molar-refractivity contribution in [3.63, 3.8) is 0 Å². The number of benzene rings is 1. The minimum Gasteiger partial charge on any atom is -0.293 e. The Labute approximate surface area is 129 Å². The van der Waals surface area contributed by atoms with Crippen LogP contribution in [0, 0.1) is 25.7 Å². The summed E-state index contributed by atoms with van der Waals surface area (Å²) in [6.45, 7) is 12.9. The lowest BCUT2D eigenvalue weighted by Gasteiger charge is -2.37. The van der Waals surface area contributed by atoms with Gasteiger partial charge in [0.25, 0.3) is 0 Å². The van der Waals surface area contributed by atoms with Crippen molar-refractivity contribution in [2.24, 2.45) is 11.8 Å². The maximum absolute atomic E-state index is 12.8. The van der Waals surface area contributed by atoms with E-state index in [1.54, 1.807) is 0 Å². The minimum absolute atomic E-state index is 0.00128. The number of rotatable bonds is 4. The van der Waals surface area contributed by atoms with Crippen LogP contribution >= 0.6 is 0 Å². The van der Waals surface area contributed by atoms with Gasteiger partial charge in [-0.1, -0.05) is 31.5 Å². The molecule has 1 aromatic rings. The van der Waals surface area contributed by atoms with Crippen molar-refractivity contribution in [3.8, 4) is 0 Å². The summed E-state index contributed by atoms with van der Waals surface area (Å²) in [5.41, 5.74) is 3.15. The Balaban J connectivity index is 2.05. The zero-order valence-electron chi connectivity index (χ0n) is 14.1. The number of carbonyl (C=O) groups is 1. The highest BCUT2D eigenvalue weighted by Gasteiger charge is 2.28. The van der Waals surface area contributed by atoms with Crippen LogP contribution in [-0.4, -0.2) is 29.8 Å². The second-order valence-electron chi connectivity index (χ2n) is 6.98. The highest BCUT2D eigenvalue weighted by Crippen LogP contribution is 2.26. The van der Waals surface area contributed by atoms with Gasteiger partial charge in [0.2, 0.25) is 0 Å². The van der Waals surface area contributed by atoms with Crippen LogP contribution < -0.4 is 0 Å². The van der Waals surface area contributed by atoms with Gasteiger partial charge in [-0.2, -0.15) is 0 Å². The first-order valence-corrected chi connectivity index (χ1v) is 8.25. The Morgan fingerprint density at radius 3 is 2.33 bits per heavy atom. The van der Waals surface area contributed by atoms with Crippen molar-refractivity contribution >= 4 is 5.78 Å². The SMILES string of the molecule is Cc1ccc(C)c(C(=O)C(C)N2CCC(C(C)C)CC2)c1. The summed E-state index contributed by atoms with van der Waals surface area (Å²) >= 11 is 0. The van der Waals surface area contributed by atoms with Crippen molar-refractivity contribution in [2.75, 3.05) is 13.1 Å². The molecule has 1 heterocycles. The van der Waals surface area contributed by atoms with Gasteiger partial charge in [-0.25, -0.2) is 0 Å². The molecule has 1 aliphatic heterocycles. The summed E-state index contributed by atoms with van der Waals surface area (Å²) < 4.78 is 0. The van der Waals surface area contributed by atoms with Crippen LogP contribution in [0.4, 0.5) is 0 Å². The molecule has 2 rings (SSSR count). The highest BCUT2D eigenvalue weighted by molar-refractivity contribution is 6.01. The summed E-state index contributed by atoms with van der Waals surface area (Å²) in [7, 11) is 0. The van der Waals surface area contributed by atoms with Gasteiger partial charge >= 0.3 is 0 Å². The second kappa shape index (κ2) is 6.74. The topological polar surface area (TPSA) is 20.3 Å². The summed E-state index contributed by atoms with van der Waals surface area (Å²) in [4.78, 5) is 15.2. The van der Waals surface area contributed by atoms with Gasteiger partial charge in [-0.15, -0.1) is 0 Å². The number of hydrogen-bond acceptors (Lipinski definition) is 2. The molecule has 1 saturated heterocycles. The van der Waals surface area contributed by atoms with Crippen LogP contribution in [0.1, 0.15) is 55.1 Å². The molecule has 1 aliphatic rings. The molecule has 0 saturated carbocycles. The standard InChI is InChI=1S/C19H29NO/c1-13(2)17-8-10-20(11-9-17)16(5)19(21)18-12-14(3)6-7-15(18)4/h6-7,12-13,16-17H,8-11H2,1-5H3. The highest BCUT2D eigenvalue weighted by atomic mass is 16.1. The largest absolute Gasteiger partial charge is 0.293 e. The van der Waals surface area contributed by atoms with E-state index < -0.39 is 0 Å². The number of piperidine rings is 1. The van der Waals surface area contributed by atoms with E-state index in [4.69, 9.17) is 0 Å². The smallest absolute Gasteiger partial charge is 0.179 e. The van der Waals surface area contributed by atoms with Crippen molar-refractivity contribution in [1.29, 1.82) is 0 Å². The maximum Gasteiger partial charge on any atom is 0.179 e. The van der Waals surface area contributed by atoms with Gasteiger partial charge < -0.3 is 0 Å². The number of carbonyl (C=O) groups excluding carboxylic acids is 1. The summed E-state index contributed by atoms with van der Waals surface area (Å²) in [6.07, 6.45) is 2.45. The number of ketones is 1.